The van der Waals surface area contributed by atoms with Crippen molar-refractivity contribution >= 4 is 21.9 Å². The number of nitrogens with zero attached hydrogens (tertiary/aromatic N) is 3. The molecule has 0 saturated carbocycles. The van der Waals surface area contributed by atoms with E-state index >= 15 is 0 Å². The largest absolute Gasteiger partial charge is 0.416 e. The lowest BCUT2D eigenvalue weighted by Crippen LogP contribution is -2.25. The van der Waals surface area contributed by atoms with E-state index in [1.54, 1.807) is 12.1 Å². The number of halogens is 3. The van der Waals surface area contributed by atoms with Crippen LogP contribution in [0.2, 0.25) is 0 Å². The molecular weight excluding hydrogens is 449 g/mol. The minimum atomic E-state index is -4.53. The summed E-state index contributed by atoms with van der Waals surface area (Å²) in [7, 11) is -3.92. The van der Waals surface area contributed by atoms with Crippen LogP contribution in [0.3, 0.4) is 0 Å². The number of anilines is 1. The summed E-state index contributed by atoms with van der Waals surface area (Å²) >= 11 is 0. The number of tetrazole rings is 1. The fraction of sp³-hybridized carbons (Fsp3) is 0.263. The second-order valence-corrected chi connectivity index (χ2v) is 8.57. The zero-order valence-corrected chi connectivity index (χ0v) is 17.4. The summed E-state index contributed by atoms with van der Waals surface area (Å²) in [6, 6.07) is 10.6. The first-order chi connectivity index (χ1) is 15.1. The number of sulfonamides is 1. The lowest BCUT2D eigenvalue weighted by Gasteiger charge is -2.10. The first-order valence-corrected chi connectivity index (χ1v) is 10.9. The standard InChI is InChI=1S/C19H19F3N6O3S/c20-19(21,22)15-6-8-16(9-7-15)32(30,31)23-10-2-5-13-3-1-4-14(11-13)12-17(29)24-18-25-27-28-26-18/h1,3-4,6-9,11,23H,2,5,10,12H2,(H2,24,25,26,27,28,29). The molecule has 3 aromatic rings. The van der Waals surface area contributed by atoms with E-state index in [1.807, 2.05) is 12.1 Å². The van der Waals surface area contributed by atoms with Crippen LogP contribution < -0.4 is 10.0 Å². The summed E-state index contributed by atoms with van der Waals surface area (Å²) in [5, 5.41) is 15.3. The lowest BCUT2D eigenvalue weighted by molar-refractivity contribution is -0.137. The molecule has 32 heavy (non-hydrogen) atoms. The number of hydrogen-bond acceptors (Lipinski definition) is 6. The molecule has 1 aromatic heterocycles. The third-order valence-corrected chi connectivity index (χ3v) is 5.86. The van der Waals surface area contributed by atoms with Crippen molar-refractivity contribution in [3.63, 3.8) is 0 Å². The van der Waals surface area contributed by atoms with E-state index in [0.29, 0.717) is 12.8 Å². The molecule has 170 valence electrons. The van der Waals surface area contributed by atoms with Crippen LogP contribution in [0, 0.1) is 0 Å². The molecule has 0 bridgehead atoms. The van der Waals surface area contributed by atoms with Gasteiger partial charge in [-0.25, -0.2) is 13.1 Å². The number of nitrogens with one attached hydrogen (secondary N) is 3. The summed E-state index contributed by atoms with van der Waals surface area (Å²) in [4.78, 5) is 11.8. The summed E-state index contributed by atoms with van der Waals surface area (Å²) < 4.78 is 64.7. The van der Waals surface area contributed by atoms with E-state index in [9.17, 15) is 26.4 Å². The Balaban J connectivity index is 1.48. The molecule has 3 rings (SSSR count). The average molecular weight is 468 g/mol. The van der Waals surface area contributed by atoms with Crippen LogP contribution in [0.1, 0.15) is 23.1 Å². The van der Waals surface area contributed by atoms with Crippen molar-refractivity contribution in [2.24, 2.45) is 0 Å². The van der Waals surface area contributed by atoms with Gasteiger partial charge in [0.15, 0.2) is 0 Å². The van der Waals surface area contributed by atoms with Gasteiger partial charge in [-0.05, 0) is 53.4 Å². The highest BCUT2D eigenvalue weighted by molar-refractivity contribution is 7.89. The van der Waals surface area contributed by atoms with Gasteiger partial charge in [0, 0.05) is 6.54 Å². The highest BCUT2D eigenvalue weighted by atomic mass is 32.2. The monoisotopic (exact) mass is 468 g/mol. The van der Waals surface area contributed by atoms with Crippen molar-refractivity contribution in [3.05, 3.63) is 65.2 Å². The molecule has 9 nitrogen and oxygen atoms in total. The molecule has 0 radical (unpaired) electrons. The van der Waals surface area contributed by atoms with E-state index in [4.69, 9.17) is 0 Å². The number of aromatic nitrogens is 4. The summed E-state index contributed by atoms with van der Waals surface area (Å²) in [5.74, 6) is -0.237. The Kier molecular flexibility index (Phi) is 7.20. The van der Waals surface area contributed by atoms with E-state index in [0.717, 1.165) is 35.4 Å². The Morgan fingerprint density at radius 3 is 2.44 bits per heavy atom. The first kappa shape index (κ1) is 23.3. The van der Waals surface area contributed by atoms with Crippen LogP contribution in [0.15, 0.2) is 53.4 Å². The Labute approximate surface area is 181 Å². The highest BCUT2D eigenvalue weighted by Crippen LogP contribution is 2.29. The number of aryl methyl sites for hydroxylation is 1. The molecule has 0 atom stereocenters. The van der Waals surface area contributed by atoms with Crippen molar-refractivity contribution in [2.75, 3.05) is 11.9 Å². The number of aromatic amines is 1. The van der Waals surface area contributed by atoms with Gasteiger partial charge in [0.25, 0.3) is 5.95 Å². The van der Waals surface area contributed by atoms with Gasteiger partial charge >= 0.3 is 6.18 Å². The van der Waals surface area contributed by atoms with Gasteiger partial charge in [0.2, 0.25) is 15.9 Å². The molecule has 1 amide bonds. The fourth-order valence-electron chi connectivity index (χ4n) is 2.87. The summed E-state index contributed by atoms with van der Waals surface area (Å²) in [5.41, 5.74) is 0.750. The molecule has 0 unspecified atom stereocenters. The second kappa shape index (κ2) is 9.87. The molecule has 0 fully saturated rings. The molecular formula is C19H19F3N6O3S. The number of amides is 1. The molecule has 0 spiro atoms. The number of H-pyrrole nitrogens is 1. The van der Waals surface area contributed by atoms with Crippen LogP contribution in [-0.4, -0.2) is 41.5 Å². The van der Waals surface area contributed by atoms with E-state index in [2.05, 4.69) is 30.7 Å². The van der Waals surface area contributed by atoms with E-state index in [1.165, 1.54) is 0 Å². The van der Waals surface area contributed by atoms with Crippen molar-refractivity contribution in [3.8, 4) is 0 Å². The molecule has 0 saturated heterocycles. The Morgan fingerprint density at radius 2 is 1.78 bits per heavy atom. The summed E-state index contributed by atoms with van der Waals surface area (Å²) in [6.07, 6.45) is -3.44. The zero-order chi connectivity index (χ0) is 23.2. The smallest absolute Gasteiger partial charge is 0.292 e. The number of carbonyl (C=O) groups excluding carboxylic acids is 1. The van der Waals surface area contributed by atoms with Crippen LogP contribution in [0.4, 0.5) is 19.1 Å². The quantitative estimate of drug-likeness (QED) is 0.413. The molecule has 0 aliphatic rings. The third kappa shape index (κ3) is 6.59. The van der Waals surface area contributed by atoms with Crippen molar-refractivity contribution in [1.29, 1.82) is 0 Å². The fourth-order valence-corrected chi connectivity index (χ4v) is 3.94. The third-order valence-electron chi connectivity index (χ3n) is 4.38. The second-order valence-electron chi connectivity index (χ2n) is 6.80. The predicted molar refractivity (Wildman–Crippen MR) is 108 cm³/mol. The molecule has 3 N–H and O–H groups in total. The van der Waals surface area contributed by atoms with Crippen LogP contribution in [0.25, 0.3) is 0 Å². The lowest BCUT2D eigenvalue weighted by atomic mass is 10.0. The topological polar surface area (TPSA) is 130 Å². The number of hydrogen-bond donors (Lipinski definition) is 3. The molecule has 2 aromatic carbocycles. The van der Waals surface area contributed by atoms with Gasteiger partial charge < -0.3 is 0 Å². The van der Waals surface area contributed by atoms with Crippen LogP contribution in [0.5, 0.6) is 0 Å². The minimum Gasteiger partial charge on any atom is -0.292 e. The predicted octanol–water partition coefficient (Wildman–Crippen LogP) is 2.31. The maximum atomic E-state index is 12.6. The van der Waals surface area contributed by atoms with Gasteiger partial charge in [-0.3, -0.25) is 10.1 Å². The van der Waals surface area contributed by atoms with E-state index in [-0.39, 0.29) is 29.7 Å². The van der Waals surface area contributed by atoms with Gasteiger partial charge in [0.05, 0.1) is 16.9 Å². The maximum Gasteiger partial charge on any atom is 0.416 e. The van der Waals surface area contributed by atoms with Crippen molar-refractivity contribution in [2.45, 2.75) is 30.3 Å². The van der Waals surface area contributed by atoms with Crippen LogP contribution >= 0.6 is 0 Å². The minimum absolute atomic E-state index is 0.0754. The highest BCUT2D eigenvalue weighted by Gasteiger charge is 2.30. The Bertz CT molecular complexity index is 1150. The first-order valence-electron chi connectivity index (χ1n) is 9.41. The molecule has 1 heterocycles. The van der Waals surface area contributed by atoms with Gasteiger partial charge in [-0.1, -0.05) is 29.4 Å². The maximum absolute atomic E-state index is 12.6. The number of carbonyl (C=O) groups is 1. The van der Waals surface area contributed by atoms with Gasteiger partial charge in [-0.2, -0.15) is 18.4 Å². The van der Waals surface area contributed by atoms with Crippen molar-refractivity contribution in [1.82, 2.24) is 25.3 Å². The van der Waals surface area contributed by atoms with Gasteiger partial charge in [0.1, 0.15) is 0 Å². The summed E-state index contributed by atoms with van der Waals surface area (Å²) in [6.45, 7) is 0.103. The number of benzene rings is 2. The normalized spacial score (nSPS) is 12.0. The van der Waals surface area contributed by atoms with Crippen molar-refractivity contribution < 1.29 is 26.4 Å². The Morgan fingerprint density at radius 1 is 1.06 bits per heavy atom. The number of rotatable bonds is 9. The molecule has 13 heteroatoms. The number of alkyl halides is 3. The Hall–Kier alpha value is -3.32. The van der Waals surface area contributed by atoms with Gasteiger partial charge in [-0.15, -0.1) is 5.10 Å². The molecule has 0 aliphatic carbocycles. The zero-order valence-electron chi connectivity index (χ0n) is 16.6. The van der Waals surface area contributed by atoms with Crippen LogP contribution in [-0.2, 0) is 33.8 Å². The van der Waals surface area contributed by atoms with E-state index < -0.39 is 21.8 Å². The SMILES string of the molecule is O=C(Cc1cccc(CCCNS(=O)(=O)c2ccc(C(F)(F)F)cc2)c1)Nc1nn[nH]n1. The molecule has 0 aliphatic heterocycles. The average Bonchev–Trinajstić information content (AvgIpc) is 3.24.